The van der Waals surface area contributed by atoms with E-state index >= 15 is 0 Å². The topological polar surface area (TPSA) is 125 Å². The second-order valence-corrected chi connectivity index (χ2v) is 8.39. The molecule has 7 nitrogen and oxygen atoms in total. The van der Waals surface area contributed by atoms with Crippen molar-refractivity contribution in [3.8, 4) is 0 Å². The average molecular weight is 464 g/mol. The third-order valence-corrected chi connectivity index (χ3v) is 5.67. The first-order chi connectivity index (χ1) is 13.8. The van der Waals surface area contributed by atoms with Crippen LogP contribution in [0.15, 0.2) is 18.2 Å². The highest BCUT2D eigenvalue weighted by atomic mass is 35.5. The molecule has 2 amide bonds. The average Bonchev–Trinajstić information content (AvgIpc) is 2.67. The second-order valence-electron chi connectivity index (χ2n) is 6.59. The number of amides is 2. The molecule has 1 aromatic carbocycles. The summed E-state index contributed by atoms with van der Waals surface area (Å²) in [7, 11) is -1.69. The van der Waals surface area contributed by atoms with Crippen LogP contribution in [0.5, 0.6) is 0 Å². The van der Waals surface area contributed by atoms with E-state index in [4.69, 9.17) is 28.9 Å². The Morgan fingerprint density at radius 1 is 1.17 bits per heavy atom. The van der Waals surface area contributed by atoms with E-state index in [1.807, 2.05) is 6.26 Å². The van der Waals surface area contributed by atoms with E-state index in [1.54, 1.807) is 18.2 Å². The summed E-state index contributed by atoms with van der Waals surface area (Å²) < 4.78 is 0. The van der Waals surface area contributed by atoms with Crippen LogP contribution in [0.3, 0.4) is 0 Å². The van der Waals surface area contributed by atoms with Gasteiger partial charge in [-0.05, 0) is 61.9 Å². The molecule has 29 heavy (non-hydrogen) atoms. The van der Waals surface area contributed by atoms with Gasteiger partial charge in [0.05, 0.1) is 12.4 Å². The lowest BCUT2D eigenvalue weighted by Crippen LogP contribution is -2.54. The van der Waals surface area contributed by atoms with Crippen molar-refractivity contribution in [2.45, 2.75) is 44.1 Å². The van der Waals surface area contributed by atoms with Crippen LogP contribution in [0.4, 0.5) is 0 Å². The van der Waals surface area contributed by atoms with Gasteiger partial charge >= 0.3 is 7.12 Å². The maximum Gasteiger partial charge on any atom is 0.475 e. The van der Waals surface area contributed by atoms with E-state index in [1.165, 1.54) is 11.8 Å². The van der Waals surface area contributed by atoms with Gasteiger partial charge in [-0.25, -0.2) is 0 Å². The molecule has 0 heterocycles. The van der Waals surface area contributed by atoms with Crippen molar-refractivity contribution in [3.05, 3.63) is 33.8 Å². The number of unbranched alkanes of at least 4 members (excludes halogenated alkanes) is 1. The minimum absolute atomic E-state index is 0.0717. The number of thioether (sulfide) groups is 1. The monoisotopic (exact) mass is 463 g/mol. The fourth-order valence-electron chi connectivity index (χ4n) is 2.69. The SMILES string of the molecule is CSCC[C@H](NC(=O)[C@H](CCCCN)NC(=O)Cc1c(Cl)cccc1Cl)B(O)O. The van der Waals surface area contributed by atoms with Crippen LogP contribution in [-0.2, 0) is 16.0 Å². The molecule has 1 rings (SSSR count). The van der Waals surface area contributed by atoms with Crippen molar-refractivity contribution in [2.24, 2.45) is 5.73 Å². The molecular formula is C18H28BCl2N3O4S. The van der Waals surface area contributed by atoms with Crippen LogP contribution >= 0.6 is 35.0 Å². The largest absolute Gasteiger partial charge is 0.475 e. The van der Waals surface area contributed by atoms with E-state index in [0.717, 1.165) is 0 Å². The lowest BCUT2D eigenvalue weighted by atomic mass is 9.77. The Hall–Kier alpha value is -0.965. The van der Waals surface area contributed by atoms with Gasteiger partial charge in [-0.1, -0.05) is 29.3 Å². The van der Waals surface area contributed by atoms with Crippen LogP contribution in [-0.4, -0.2) is 59.5 Å². The Kier molecular flexibility index (Phi) is 12.7. The lowest BCUT2D eigenvalue weighted by molar-refractivity contribution is -0.129. The van der Waals surface area contributed by atoms with Gasteiger partial charge in [0.25, 0.3) is 0 Å². The van der Waals surface area contributed by atoms with Crippen LogP contribution in [0.25, 0.3) is 0 Å². The zero-order valence-electron chi connectivity index (χ0n) is 16.4. The van der Waals surface area contributed by atoms with Gasteiger partial charge in [-0.2, -0.15) is 11.8 Å². The zero-order chi connectivity index (χ0) is 21.8. The van der Waals surface area contributed by atoms with Crippen molar-refractivity contribution in [2.75, 3.05) is 18.6 Å². The molecule has 162 valence electrons. The molecule has 11 heteroatoms. The Balaban J connectivity index is 2.82. The first-order valence-electron chi connectivity index (χ1n) is 9.37. The molecule has 0 fully saturated rings. The van der Waals surface area contributed by atoms with Gasteiger partial charge in [0.1, 0.15) is 6.04 Å². The van der Waals surface area contributed by atoms with Crippen molar-refractivity contribution in [1.82, 2.24) is 10.6 Å². The van der Waals surface area contributed by atoms with Gasteiger partial charge < -0.3 is 26.4 Å². The van der Waals surface area contributed by atoms with E-state index in [-0.39, 0.29) is 6.42 Å². The smallest absolute Gasteiger partial charge is 0.426 e. The van der Waals surface area contributed by atoms with Crippen LogP contribution in [0.2, 0.25) is 10.0 Å². The molecule has 2 atom stereocenters. The molecule has 1 aromatic rings. The summed E-state index contributed by atoms with van der Waals surface area (Å²) in [5.41, 5.74) is 6.00. The van der Waals surface area contributed by atoms with Crippen LogP contribution in [0, 0.1) is 0 Å². The first kappa shape index (κ1) is 26.1. The van der Waals surface area contributed by atoms with Crippen molar-refractivity contribution < 1.29 is 19.6 Å². The highest BCUT2D eigenvalue weighted by Gasteiger charge is 2.29. The summed E-state index contributed by atoms with van der Waals surface area (Å²) in [6.45, 7) is 0.475. The van der Waals surface area contributed by atoms with Gasteiger partial charge in [0.15, 0.2) is 0 Å². The number of carbonyl (C=O) groups excluding carboxylic acids is 2. The maximum atomic E-state index is 12.7. The summed E-state index contributed by atoms with van der Waals surface area (Å²) in [5, 5.41) is 25.1. The Morgan fingerprint density at radius 3 is 2.38 bits per heavy atom. The highest BCUT2D eigenvalue weighted by molar-refractivity contribution is 7.98. The van der Waals surface area contributed by atoms with Crippen LogP contribution in [0.1, 0.15) is 31.2 Å². The number of benzene rings is 1. The van der Waals surface area contributed by atoms with E-state index < -0.39 is 30.9 Å². The van der Waals surface area contributed by atoms with E-state index in [9.17, 15) is 19.6 Å². The molecule has 6 N–H and O–H groups in total. The number of carbonyl (C=O) groups is 2. The third-order valence-electron chi connectivity index (χ3n) is 4.32. The summed E-state index contributed by atoms with van der Waals surface area (Å²) in [5.74, 6) is -1.04. The standard InChI is InChI=1S/C18H28BCl2N3O4S/c1-29-10-8-16(19(27)28)24-18(26)15(7-2-3-9-22)23-17(25)11-12-13(20)5-4-6-14(12)21/h4-6,15-16,27-28H,2-3,7-11,22H2,1H3,(H,23,25)(H,24,26)/t15-,16-/m0/s1. The predicted octanol–water partition coefficient (Wildman–Crippen LogP) is 1.40. The molecule has 0 aromatic heterocycles. The Bertz CT molecular complexity index is 650. The summed E-state index contributed by atoms with van der Waals surface area (Å²) in [6, 6.07) is 4.14. The fraction of sp³-hybridized carbons (Fsp3) is 0.556. The zero-order valence-corrected chi connectivity index (χ0v) is 18.7. The van der Waals surface area contributed by atoms with E-state index in [2.05, 4.69) is 10.6 Å². The maximum absolute atomic E-state index is 12.7. The minimum atomic E-state index is -1.69. The molecule has 0 aliphatic rings. The molecule has 0 unspecified atom stereocenters. The molecule has 0 spiro atoms. The van der Waals surface area contributed by atoms with Gasteiger partial charge in [0.2, 0.25) is 11.8 Å². The molecule has 0 saturated heterocycles. The lowest BCUT2D eigenvalue weighted by Gasteiger charge is -2.23. The fourth-order valence-corrected chi connectivity index (χ4v) is 3.71. The Morgan fingerprint density at radius 2 is 1.83 bits per heavy atom. The van der Waals surface area contributed by atoms with E-state index in [0.29, 0.717) is 53.6 Å². The molecule has 0 aliphatic heterocycles. The Labute approximate surface area is 186 Å². The normalized spacial score (nSPS) is 12.9. The predicted molar refractivity (Wildman–Crippen MR) is 120 cm³/mol. The third kappa shape index (κ3) is 9.59. The molecule has 0 aliphatic carbocycles. The number of nitrogens with one attached hydrogen (secondary N) is 2. The number of rotatable bonds is 13. The quantitative estimate of drug-likeness (QED) is 0.222. The number of hydrogen-bond donors (Lipinski definition) is 5. The molecule has 0 radical (unpaired) electrons. The van der Waals surface area contributed by atoms with Crippen molar-refractivity contribution in [1.29, 1.82) is 0 Å². The van der Waals surface area contributed by atoms with Crippen molar-refractivity contribution >= 4 is 53.9 Å². The minimum Gasteiger partial charge on any atom is -0.426 e. The van der Waals surface area contributed by atoms with Gasteiger partial charge in [-0.3, -0.25) is 9.59 Å². The number of nitrogens with two attached hydrogens (primary N) is 1. The van der Waals surface area contributed by atoms with Gasteiger partial charge in [0, 0.05) is 10.0 Å². The van der Waals surface area contributed by atoms with Crippen molar-refractivity contribution in [3.63, 3.8) is 0 Å². The molecular weight excluding hydrogens is 436 g/mol. The summed E-state index contributed by atoms with van der Waals surface area (Å²) in [6.07, 6.45) is 3.93. The highest BCUT2D eigenvalue weighted by Crippen LogP contribution is 2.24. The first-order valence-corrected chi connectivity index (χ1v) is 11.5. The number of hydrogen-bond acceptors (Lipinski definition) is 6. The second kappa shape index (κ2) is 14.1. The van der Waals surface area contributed by atoms with Crippen LogP contribution < -0.4 is 16.4 Å². The molecule has 0 saturated carbocycles. The molecule has 0 bridgehead atoms. The summed E-state index contributed by atoms with van der Waals surface area (Å²) >= 11 is 13.8. The number of halogens is 2. The van der Waals surface area contributed by atoms with Gasteiger partial charge in [-0.15, -0.1) is 0 Å². The summed E-state index contributed by atoms with van der Waals surface area (Å²) in [4.78, 5) is 25.2.